The molecular formula is C15H14F3NO. The maximum absolute atomic E-state index is 11.8. The highest BCUT2D eigenvalue weighted by Crippen LogP contribution is 2.28. The van der Waals surface area contributed by atoms with E-state index >= 15 is 0 Å². The first-order chi connectivity index (χ1) is 9.49. The van der Waals surface area contributed by atoms with E-state index in [0.29, 0.717) is 0 Å². The van der Waals surface area contributed by atoms with Crippen LogP contribution in [-0.4, -0.2) is 7.11 Å². The van der Waals surface area contributed by atoms with Crippen LogP contribution < -0.4 is 10.1 Å². The average Bonchev–Trinajstić information content (AvgIpc) is 2.48. The number of halogens is 3. The number of alkyl halides is 3. The Bertz CT molecular complexity index is 489. The van der Waals surface area contributed by atoms with E-state index in [1.54, 1.807) is 7.11 Å². The van der Waals surface area contributed by atoms with Gasteiger partial charge in [0.2, 0.25) is 0 Å². The van der Waals surface area contributed by atoms with Gasteiger partial charge >= 0.3 is 6.18 Å². The van der Waals surface area contributed by atoms with E-state index in [4.69, 9.17) is 4.74 Å². The van der Waals surface area contributed by atoms with Gasteiger partial charge in [0.05, 0.1) is 18.4 Å². The molecule has 0 amide bonds. The summed E-state index contributed by atoms with van der Waals surface area (Å²) in [6, 6.07) is 14.6. The van der Waals surface area contributed by atoms with Crippen LogP contribution in [0, 0.1) is 13.1 Å². The van der Waals surface area contributed by atoms with Gasteiger partial charge in [0.15, 0.2) is 0 Å². The van der Waals surface area contributed by atoms with Crippen molar-refractivity contribution in [3.05, 3.63) is 67.2 Å². The number of methoxy groups -OCH3 is 1. The lowest BCUT2D eigenvalue weighted by atomic mass is 10.2. The first-order valence-electron chi connectivity index (χ1n) is 5.68. The van der Waals surface area contributed by atoms with Crippen LogP contribution in [0.4, 0.5) is 18.9 Å². The Morgan fingerprint density at radius 1 is 1.10 bits per heavy atom. The summed E-state index contributed by atoms with van der Waals surface area (Å²) in [5.41, 5.74) is 0.274. The highest BCUT2D eigenvalue weighted by Gasteiger charge is 2.29. The molecule has 1 N–H and O–H groups in total. The fourth-order valence-electron chi connectivity index (χ4n) is 1.37. The molecule has 0 unspecified atom stereocenters. The lowest BCUT2D eigenvalue weighted by Crippen LogP contribution is -2.03. The van der Waals surface area contributed by atoms with Crippen molar-refractivity contribution in [3.63, 3.8) is 0 Å². The predicted octanol–water partition coefficient (Wildman–Crippen LogP) is 4.40. The zero-order chi connectivity index (χ0) is 15.0. The van der Waals surface area contributed by atoms with E-state index in [9.17, 15) is 13.2 Å². The molecule has 0 saturated heterocycles. The molecular weight excluding hydrogens is 267 g/mol. The van der Waals surface area contributed by atoms with Crippen LogP contribution in [0.1, 0.15) is 5.56 Å². The molecule has 2 radical (unpaired) electrons. The molecule has 0 aromatic heterocycles. The molecule has 5 heteroatoms. The van der Waals surface area contributed by atoms with Crippen molar-refractivity contribution >= 4 is 5.69 Å². The standard InChI is InChI=1S/C8H10NO.C7H4F3/c1-9-7-5-3-4-6-8(7)10-2;8-7(9,10)6-4-2-1-3-5-6/h3-6,9H,1H2,2H3;2-5H. The van der Waals surface area contributed by atoms with Crippen LogP contribution in [0.15, 0.2) is 48.5 Å². The fourth-order valence-corrected chi connectivity index (χ4v) is 1.37. The van der Waals surface area contributed by atoms with Gasteiger partial charge in [0.1, 0.15) is 5.75 Å². The molecule has 0 fully saturated rings. The molecule has 0 aliphatic carbocycles. The van der Waals surface area contributed by atoms with Crippen molar-refractivity contribution in [1.82, 2.24) is 0 Å². The van der Waals surface area contributed by atoms with Gasteiger partial charge in [-0.2, -0.15) is 13.2 Å². The molecule has 2 aromatic carbocycles. The van der Waals surface area contributed by atoms with E-state index < -0.39 is 11.7 Å². The number of para-hydroxylation sites is 2. The van der Waals surface area contributed by atoms with Gasteiger partial charge in [-0.1, -0.05) is 24.3 Å². The summed E-state index contributed by atoms with van der Waals surface area (Å²) >= 11 is 0. The highest BCUT2D eigenvalue weighted by molar-refractivity contribution is 5.56. The molecule has 0 atom stereocenters. The SMILES string of the molecule is FC(F)(F)c1cc[c]cc1.[CH2]Nc1ccccc1OC. The molecule has 106 valence electrons. The van der Waals surface area contributed by atoms with Crippen molar-refractivity contribution in [1.29, 1.82) is 0 Å². The Hall–Kier alpha value is -2.17. The summed E-state index contributed by atoms with van der Waals surface area (Å²) in [5.74, 6) is 0.817. The third-order valence-corrected chi connectivity index (χ3v) is 2.34. The molecule has 0 spiro atoms. The second-order valence-electron chi connectivity index (χ2n) is 3.66. The minimum absolute atomic E-state index is 0.633. The number of nitrogens with one attached hydrogen (secondary N) is 1. The molecule has 2 nitrogen and oxygen atoms in total. The van der Waals surface area contributed by atoms with Crippen molar-refractivity contribution in [3.8, 4) is 5.75 Å². The van der Waals surface area contributed by atoms with Gasteiger partial charge in [-0.25, -0.2) is 0 Å². The second-order valence-corrected chi connectivity index (χ2v) is 3.66. The van der Waals surface area contributed by atoms with E-state index in [1.807, 2.05) is 24.3 Å². The van der Waals surface area contributed by atoms with Gasteiger partial charge in [-0.15, -0.1) is 0 Å². The maximum Gasteiger partial charge on any atom is 0.416 e. The number of hydrogen-bond acceptors (Lipinski definition) is 2. The Morgan fingerprint density at radius 2 is 1.70 bits per heavy atom. The summed E-state index contributed by atoms with van der Waals surface area (Å²) in [5, 5.41) is 2.77. The largest absolute Gasteiger partial charge is 0.495 e. The van der Waals surface area contributed by atoms with Gasteiger partial charge in [-0.3, -0.25) is 0 Å². The van der Waals surface area contributed by atoms with Crippen molar-refractivity contribution in [2.75, 3.05) is 12.4 Å². The molecule has 0 bridgehead atoms. The molecule has 0 heterocycles. The highest BCUT2D eigenvalue weighted by atomic mass is 19.4. The maximum atomic E-state index is 11.8. The molecule has 20 heavy (non-hydrogen) atoms. The summed E-state index contributed by atoms with van der Waals surface area (Å²) < 4.78 is 40.4. The molecule has 2 aromatic rings. The summed E-state index contributed by atoms with van der Waals surface area (Å²) in [4.78, 5) is 0. The topological polar surface area (TPSA) is 21.3 Å². The zero-order valence-electron chi connectivity index (χ0n) is 10.9. The molecule has 2 rings (SSSR count). The normalized spacial score (nSPS) is 10.2. The van der Waals surface area contributed by atoms with Crippen molar-refractivity contribution in [2.45, 2.75) is 6.18 Å². The van der Waals surface area contributed by atoms with Crippen LogP contribution in [0.25, 0.3) is 0 Å². The summed E-state index contributed by atoms with van der Waals surface area (Å²) in [6.45, 7) is 0. The third kappa shape index (κ3) is 4.84. The second kappa shape index (κ2) is 7.43. The van der Waals surface area contributed by atoms with Crippen LogP contribution in [0.3, 0.4) is 0 Å². The van der Waals surface area contributed by atoms with Gasteiger partial charge in [0, 0.05) is 7.05 Å². The lowest BCUT2D eigenvalue weighted by molar-refractivity contribution is -0.137. The molecule has 0 aliphatic heterocycles. The van der Waals surface area contributed by atoms with Crippen LogP contribution in [0.2, 0.25) is 0 Å². The monoisotopic (exact) mass is 281 g/mol. The number of benzene rings is 2. The molecule has 0 saturated carbocycles. The van der Waals surface area contributed by atoms with E-state index in [2.05, 4.69) is 18.4 Å². The van der Waals surface area contributed by atoms with Crippen molar-refractivity contribution in [2.24, 2.45) is 0 Å². The number of hydrogen-bond donors (Lipinski definition) is 1. The number of anilines is 1. The first kappa shape index (κ1) is 15.9. The summed E-state index contributed by atoms with van der Waals surface area (Å²) in [7, 11) is 5.17. The zero-order valence-corrected chi connectivity index (χ0v) is 10.9. The number of ether oxygens (including phenoxy) is 1. The Morgan fingerprint density at radius 3 is 2.10 bits per heavy atom. The lowest BCUT2D eigenvalue weighted by Gasteiger charge is -2.05. The molecule has 0 aliphatic rings. The Balaban J connectivity index is 0.000000200. The van der Waals surface area contributed by atoms with E-state index in [-0.39, 0.29) is 0 Å². The van der Waals surface area contributed by atoms with E-state index in [1.165, 1.54) is 12.1 Å². The minimum Gasteiger partial charge on any atom is -0.495 e. The van der Waals surface area contributed by atoms with Gasteiger partial charge < -0.3 is 10.1 Å². The first-order valence-corrected chi connectivity index (χ1v) is 5.68. The average molecular weight is 281 g/mol. The van der Waals surface area contributed by atoms with Crippen LogP contribution >= 0.6 is 0 Å². The van der Waals surface area contributed by atoms with E-state index in [0.717, 1.165) is 23.6 Å². The van der Waals surface area contributed by atoms with Crippen LogP contribution in [-0.2, 0) is 6.18 Å². The Kier molecular flexibility index (Phi) is 5.90. The fraction of sp³-hybridized carbons (Fsp3) is 0.133. The minimum atomic E-state index is -4.23. The predicted molar refractivity (Wildman–Crippen MR) is 72.3 cm³/mol. The summed E-state index contributed by atoms with van der Waals surface area (Å²) in [6.07, 6.45) is -4.23. The van der Waals surface area contributed by atoms with Crippen LogP contribution in [0.5, 0.6) is 5.75 Å². The van der Waals surface area contributed by atoms with Crippen molar-refractivity contribution < 1.29 is 17.9 Å². The third-order valence-electron chi connectivity index (χ3n) is 2.34. The quantitative estimate of drug-likeness (QED) is 0.880. The van der Waals surface area contributed by atoms with Gasteiger partial charge in [-0.05, 0) is 30.3 Å². The Labute approximate surface area is 116 Å². The van der Waals surface area contributed by atoms with Gasteiger partial charge in [0.25, 0.3) is 0 Å². The number of rotatable bonds is 2. The smallest absolute Gasteiger partial charge is 0.416 e.